The molecule has 6 nitrogen and oxygen atoms in total. The predicted molar refractivity (Wildman–Crippen MR) is 69.0 cm³/mol. The highest BCUT2D eigenvalue weighted by atomic mass is 32.2. The molecule has 1 aliphatic carbocycles. The fraction of sp³-hybridized carbons (Fsp3) is 0.333. The second-order valence-electron chi connectivity index (χ2n) is 4.53. The van der Waals surface area contributed by atoms with Crippen LogP contribution in [0.25, 0.3) is 0 Å². The van der Waals surface area contributed by atoms with E-state index in [0.29, 0.717) is 22.5 Å². The second kappa shape index (κ2) is 5.20. The van der Waals surface area contributed by atoms with Crippen molar-refractivity contribution in [3.8, 4) is 0 Å². The molecule has 1 aromatic carbocycles. The number of halogens is 1. The minimum Gasteiger partial charge on any atom is -0.478 e. The maximum absolute atomic E-state index is 13.2. The molecule has 0 amide bonds. The highest BCUT2D eigenvalue weighted by Crippen LogP contribution is 2.37. The number of carboxylic acid groups (broad SMARTS) is 1. The molecule has 0 bridgehead atoms. The molecule has 0 radical (unpaired) electrons. The topological polar surface area (TPSA) is 80.9 Å². The third-order valence-corrected chi connectivity index (χ3v) is 3.99. The summed E-state index contributed by atoms with van der Waals surface area (Å²) < 4.78 is 15.0. The maximum Gasteiger partial charge on any atom is 0.335 e. The highest BCUT2D eigenvalue weighted by molar-refractivity contribution is 7.98. The summed E-state index contributed by atoms with van der Waals surface area (Å²) in [7, 11) is 0. The number of nitrogens with zero attached hydrogens (tertiary/aromatic N) is 4. The molecule has 8 heteroatoms. The van der Waals surface area contributed by atoms with Crippen LogP contribution in [0.1, 0.15) is 34.8 Å². The van der Waals surface area contributed by atoms with Crippen molar-refractivity contribution in [3.63, 3.8) is 0 Å². The Morgan fingerprint density at radius 3 is 3.00 bits per heavy atom. The summed E-state index contributed by atoms with van der Waals surface area (Å²) in [6, 6.07) is 4.00. The van der Waals surface area contributed by atoms with Crippen molar-refractivity contribution in [1.29, 1.82) is 0 Å². The Kier molecular flexibility index (Phi) is 3.39. The molecule has 0 spiro atoms. The van der Waals surface area contributed by atoms with Gasteiger partial charge in [-0.15, -0.1) is 5.10 Å². The van der Waals surface area contributed by atoms with Gasteiger partial charge in [-0.25, -0.2) is 13.9 Å². The second-order valence-corrected chi connectivity index (χ2v) is 5.47. The first-order valence-corrected chi connectivity index (χ1v) is 7.06. The summed E-state index contributed by atoms with van der Waals surface area (Å²) in [6.45, 7) is 0. The van der Waals surface area contributed by atoms with Gasteiger partial charge >= 0.3 is 5.97 Å². The van der Waals surface area contributed by atoms with E-state index in [9.17, 15) is 9.18 Å². The van der Waals surface area contributed by atoms with Gasteiger partial charge in [0.1, 0.15) is 5.82 Å². The third kappa shape index (κ3) is 2.64. The minimum absolute atomic E-state index is 0.101. The first kappa shape index (κ1) is 13.0. The molecule has 0 aliphatic heterocycles. The van der Waals surface area contributed by atoms with Gasteiger partial charge in [0.15, 0.2) is 0 Å². The summed E-state index contributed by atoms with van der Waals surface area (Å²) in [5.41, 5.74) is 0.525. The number of tetrazole rings is 1. The minimum atomic E-state index is -1.07. The molecule has 20 heavy (non-hydrogen) atoms. The van der Waals surface area contributed by atoms with E-state index in [1.54, 1.807) is 4.68 Å². The summed E-state index contributed by atoms with van der Waals surface area (Å²) >= 11 is 1.31. The van der Waals surface area contributed by atoms with Crippen LogP contribution in [0.2, 0.25) is 0 Å². The molecule has 3 rings (SSSR count). The van der Waals surface area contributed by atoms with Gasteiger partial charge in [-0.3, -0.25) is 0 Å². The number of hydrogen-bond donors (Lipinski definition) is 1. The smallest absolute Gasteiger partial charge is 0.335 e. The van der Waals surface area contributed by atoms with Gasteiger partial charge in [0.25, 0.3) is 0 Å². The van der Waals surface area contributed by atoms with Gasteiger partial charge in [0.2, 0.25) is 5.16 Å². The first-order chi connectivity index (χ1) is 9.65. The average Bonchev–Trinajstić information content (AvgIpc) is 3.15. The molecule has 0 unspecified atom stereocenters. The van der Waals surface area contributed by atoms with Crippen LogP contribution in [0.5, 0.6) is 0 Å². The van der Waals surface area contributed by atoms with E-state index < -0.39 is 11.8 Å². The lowest BCUT2D eigenvalue weighted by Gasteiger charge is -2.06. The molecule has 1 saturated carbocycles. The molecule has 1 heterocycles. The molecule has 1 fully saturated rings. The van der Waals surface area contributed by atoms with Crippen molar-refractivity contribution < 1.29 is 14.3 Å². The van der Waals surface area contributed by atoms with Crippen LogP contribution in [0.15, 0.2) is 23.4 Å². The van der Waals surface area contributed by atoms with Gasteiger partial charge in [-0.1, -0.05) is 11.8 Å². The summed E-state index contributed by atoms with van der Waals surface area (Å²) in [6.07, 6.45) is 2.11. The van der Waals surface area contributed by atoms with Crippen LogP contribution in [0.3, 0.4) is 0 Å². The number of aromatic carboxylic acids is 1. The van der Waals surface area contributed by atoms with Gasteiger partial charge in [-0.2, -0.15) is 0 Å². The number of hydrogen-bond acceptors (Lipinski definition) is 5. The highest BCUT2D eigenvalue weighted by Gasteiger charge is 2.28. The zero-order valence-electron chi connectivity index (χ0n) is 10.4. The molecular formula is C12H11FN4O2S. The standard InChI is InChI=1S/C12H11FN4O2S/c13-8-1-4-10(11(18)19)7(5-8)6-20-12-14-15-16-17(12)9-2-3-9/h1,4-5,9H,2-3,6H2,(H,18,19). The molecule has 104 valence electrons. The van der Waals surface area contributed by atoms with Crippen molar-refractivity contribution in [2.45, 2.75) is 29.8 Å². The summed E-state index contributed by atoms with van der Waals surface area (Å²) in [5.74, 6) is -1.21. The Hall–Kier alpha value is -1.96. The number of aromatic nitrogens is 4. The number of benzene rings is 1. The number of thioether (sulfide) groups is 1. The molecule has 0 saturated heterocycles. The number of rotatable bonds is 5. The Morgan fingerprint density at radius 1 is 1.50 bits per heavy atom. The predicted octanol–water partition coefficient (Wildman–Crippen LogP) is 2.14. The Morgan fingerprint density at radius 2 is 2.30 bits per heavy atom. The van der Waals surface area contributed by atoms with Gasteiger partial charge in [0, 0.05) is 5.75 Å². The quantitative estimate of drug-likeness (QED) is 0.851. The lowest BCUT2D eigenvalue weighted by molar-refractivity contribution is 0.0696. The Labute approximate surface area is 118 Å². The Bertz CT molecular complexity index is 657. The largest absolute Gasteiger partial charge is 0.478 e. The van der Waals surface area contributed by atoms with Crippen LogP contribution in [0.4, 0.5) is 4.39 Å². The normalized spacial score (nSPS) is 14.4. The van der Waals surface area contributed by atoms with Crippen molar-refractivity contribution in [2.75, 3.05) is 0 Å². The van der Waals surface area contributed by atoms with E-state index in [1.165, 1.54) is 23.9 Å². The lowest BCUT2D eigenvalue weighted by Crippen LogP contribution is -2.03. The molecule has 2 aromatic rings. The lowest BCUT2D eigenvalue weighted by atomic mass is 10.1. The van der Waals surface area contributed by atoms with Gasteiger partial charge in [0.05, 0.1) is 11.6 Å². The number of carboxylic acids is 1. The molecular weight excluding hydrogens is 283 g/mol. The van der Waals surface area contributed by atoms with Crippen LogP contribution >= 0.6 is 11.8 Å². The van der Waals surface area contributed by atoms with E-state index in [2.05, 4.69) is 15.5 Å². The fourth-order valence-electron chi connectivity index (χ4n) is 1.86. The third-order valence-electron chi connectivity index (χ3n) is 3.01. The van der Waals surface area contributed by atoms with Crippen molar-refractivity contribution >= 4 is 17.7 Å². The van der Waals surface area contributed by atoms with Gasteiger partial charge in [-0.05, 0) is 47.0 Å². The van der Waals surface area contributed by atoms with E-state index in [4.69, 9.17) is 5.11 Å². The maximum atomic E-state index is 13.2. The zero-order valence-corrected chi connectivity index (χ0v) is 11.2. The fourth-order valence-corrected chi connectivity index (χ4v) is 2.80. The Balaban J connectivity index is 1.79. The van der Waals surface area contributed by atoms with Crippen molar-refractivity contribution in [3.05, 3.63) is 35.1 Å². The average molecular weight is 294 g/mol. The first-order valence-electron chi connectivity index (χ1n) is 6.07. The van der Waals surface area contributed by atoms with Crippen LogP contribution in [0, 0.1) is 5.82 Å². The van der Waals surface area contributed by atoms with Crippen LogP contribution < -0.4 is 0 Å². The van der Waals surface area contributed by atoms with E-state index in [1.807, 2.05) is 0 Å². The molecule has 1 N–H and O–H groups in total. The summed E-state index contributed by atoms with van der Waals surface area (Å²) in [4.78, 5) is 11.1. The summed E-state index contributed by atoms with van der Waals surface area (Å²) in [5, 5.41) is 21.2. The van der Waals surface area contributed by atoms with Crippen LogP contribution in [-0.4, -0.2) is 31.3 Å². The van der Waals surface area contributed by atoms with Crippen LogP contribution in [-0.2, 0) is 5.75 Å². The van der Waals surface area contributed by atoms with E-state index >= 15 is 0 Å². The SMILES string of the molecule is O=C(O)c1ccc(F)cc1CSc1nnnn1C1CC1. The molecule has 0 atom stereocenters. The van der Waals surface area contributed by atoms with E-state index in [-0.39, 0.29) is 5.56 Å². The van der Waals surface area contributed by atoms with Crippen molar-refractivity contribution in [1.82, 2.24) is 20.2 Å². The monoisotopic (exact) mass is 294 g/mol. The molecule has 1 aliphatic rings. The molecule has 1 aromatic heterocycles. The number of carbonyl (C=O) groups is 1. The van der Waals surface area contributed by atoms with Gasteiger partial charge < -0.3 is 5.11 Å². The zero-order chi connectivity index (χ0) is 14.1. The van der Waals surface area contributed by atoms with E-state index in [0.717, 1.165) is 18.9 Å². The van der Waals surface area contributed by atoms with Crippen molar-refractivity contribution in [2.24, 2.45) is 0 Å².